The van der Waals surface area contributed by atoms with Gasteiger partial charge in [0.25, 0.3) is 0 Å². The van der Waals surface area contributed by atoms with Crippen LogP contribution >= 0.6 is 0 Å². The van der Waals surface area contributed by atoms with E-state index in [2.05, 4.69) is 0 Å². The third kappa shape index (κ3) is 2.49. The molecular weight excluding hydrogens is 243 g/mol. The summed E-state index contributed by atoms with van der Waals surface area (Å²) in [6.07, 6.45) is -2.27. The van der Waals surface area contributed by atoms with Gasteiger partial charge in [0, 0.05) is 0 Å². The van der Waals surface area contributed by atoms with Crippen LogP contribution < -0.4 is 5.32 Å². The topological polar surface area (TPSA) is 29.1 Å². The average Bonchev–Trinajstić information content (AvgIpc) is 2.25. The Hall–Kier alpha value is -1.52. The first-order valence-corrected chi connectivity index (χ1v) is 5.85. The van der Waals surface area contributed by atoms with Gasteiger partial charge >= 0.3 is 6.18 Å². The summed E-state index contributed by atoms with van der Waals surface area (Å²) in [5.41, 5.74) is 0.0444. The van der Waals surface area contributed by atoms with E-state index in [1.165, 1.54) is 0 Å². The zero-order valence-corrected chi connectivity index (χ0v) is 9.76. The molecule has 5 heteroatoms. The molecule has 0 bridgehead atoms. The number of alkyl halides is 3. The maximum Gasteiger partial charge on any atom is 0.405 e. The first kappa shape index (κ1) is 12.9. The molecule has 1 aromatic carbocycles. The highest BCUT2D eigenvalue weighted by Crippen LogP contribution is 2.43. The van der Waals surface area contributed by atoms with E-state index in [4.69, 9.17) is 0 Å². The molecule has 0 aliphatic heterocycles. The summed E-state index contributed by atoms with van der Waals surface area (Å²) < 4.78 is 36.3. The minimum Gasteiger partial charge on any atom is -0.346 e. The lowest BCUT2D eigenvalue weighted by Gasteiger charge is -2.40. The number of halogens is 3. The van der Waals surface area contributed by atoms with Crippen molar-refractivity contribution in [1.82, 2.24) is 5.32 Å². The van der Waals surface area contributed by atoms with Gasteiger partial charge in [0.2, 0.25) is 5.91 Å². The van der Waals surface area contributed by atoms with Crippen molar-refractivity contribution >= 4 is 5.91 Å². The molecule has 0 heterocycles. The maximum atomic E-state index is 12.1. The fourth-order valence-corrected chi connectivity index (χ4v) is 2.28. The van der Waals surface area contributed by atoms with Gasteiger partial charge in [0.1, 0.15) is 6.54 Å². The molecule has 0 saturated heterocycles. The number of carbonyl (C=O) groups is 1. The Kier molecular flexibility index (Phi) is 3.32. The first-order valence-electron chi connectivity index (χ1n) is 5.85. The maximum absolute atomic E-state index is 12.1. The molecule has 1 fully saturated rings. The molecule has 1 saturated carbocycles. The van der Waals surface area contributed by atoms with E-state index < -0.39 is 24.0 Å². The Morgan fingerprint density at radius 1 is 1.22 bits per heavy atom. The fourth-order valence-electron chi connectivity index (χ4n) is 2.28. The van der Waals surface area contributed by atoms with Crippen LogP contribution in [0.5, 0.6) is 0 Å². The van der Waals surface area contributed by atoms with E-state index in [0.717, 1.165) is 12.0 Å². The SMILES string of the molecule is O=C(NCC(F)(F)F)C1(c2ccccc2)CCC1. The Morgan fingerprint density at radius 2 is 1.83 bits per heavy atom. The van der Waals surface area contributed by atoms with Crippen molar-refractivity contribution in [1.29, 1.82) is 0 Å². The van der Waals surface area contributed by atoms with Crippen molar-refractivity contribution in [2.24, 2.45) is 0 Å². The van der Waals surface area contributed by atoms with Gasteiger partial charge in [-0.15, -0.1) is 0 Å². The van der Waals surface area contributed by atoms with Crippen molar-refractivity contribution in [2.75, 3.05) is 6.54 Å². The smallest absolute Gasteiger partial charge is 0.346 e. The fraction of sp³-hybridized carbons (Fsp3) is 0.462. The Bertz CT molecular complexity index is 424. The predicted molar refractivity (Wildman–Crippen MR) is 61.0 cm³/mol. The quantitative estimate of drug-likeness (QED) is 0.886. The summed E-state index contributed by atoms with van der Waals surface area (Å²) in [4.78, 5) is 12.0. The standard InChI is InChI=1S/C13H14F3NO/c14-13(15,16)9-17-11(18)12(7-4-8-12)10-5-2-1-3-6-10/h1-3,5-6H,4,7-9H2,(H,17,18). The lowest BCUT2D eigenvalue weighted by Crippen LogP contribution is -2.51. The lowest BCUT2D eigenvalue weighted by molar-refractivity contribution is -0.144. The average molecular weight is 257 g/mol. The van der Waals surface area contributed by atoms with Crippen molar-refractivity contribution in [2.45, 2.75) is 30.9 Å². The van der Waals surface area contributed by atoms with Gasteiger partial charge < -0.3 is 5.32 Å². The molecule has 0 radical (unpaired) electrons. The molecule has 2 nitrogen and oxygen atoms in total. The molecule has 0 atom stereocenters. The third-order valence-electron chi connectivity index (χ3n) is 3.42. The molecule has 2 rings (SSSR count). The molecule has 0 unspecified atom stereocenters. The van der Waals surface area contributed by atoms with Gasteiger partial charge in [-0.1, -0.05) is 36.8 Å². The molecule has 1 amide bonds. The number of benzene rings is 1. The predicted octanol–water partition coefficient (Wildman–Crippen LogP) is 2.79. The minimum absolute atomic E-state index is 0.516. The second kappa shape index (κ2) is 4.63. The molecular formula is C13H14F3NO. The summed E-state index contributed by atoms with van der Waals surface area (Å²) in [7, 11) is 0. The molecule has 0 aromatic heterocycles. The van der Waals surface area contributed by atoms with Gasteiger partial charge in [-0.2, -0.15) is 13.2 Å². The lowest BCUT2D eigenvalue weighted by atomic mass is 9.64. The molecule has 1 aromatic rings. The second-order valence-corrected chi connectivity index (χ2v) is 4.60. The van der Waals surface area contributed by atoms with Gasteiger partial charge in [-0.3, -0.25) is 4.79 Å². The summed E-state index contributed by atoms with van der Waals surface area (Å²) in [5.74, 6) is -0.516. The molecule has 98 valence electrons. The van der Waals surface area contributed by atoms with Crippen molar-refractivity contribution < 1.29 is 18.0 Å². The van der Waals surface area contributed by atoms with Crippen molar-refractivity contribution in [3.05, 3.63) is 35.9 Å². The number of hydrogen-bond acceptors (Lipinski definition) is 1. The second-order valence-electron chi connectivity index (χ2n) is 4.60. The van der Waals surface area contributed by atoms with Gasteiger partial charge in [0.05, 0.1) is 5.41 Å². The molecule has 1 aliphatic carbocycles. The zero-order valence-electron chi connectivity index (χ0n) is 9.76. The highest BCUT2D eigenvalue weighted by molar-refractivity contribution is 5.89. The number of hydrogen-bond donors (Lipinski definition) is 1. The zero-order chi connectivity index (χ0) is 13.2. The molecule has 0 spiro atoms. The van der Waals surface area contributed by atoms with Crippen molar-refractivity contribution in [3.63, 3.8) is 0 Å². The van der Waals surface area contributed by atoms with Gasteiger partial charge in [0.15, 0.2) is 0 Å². The number of carbonyl (C=O) groups excluding carboxylic acids is 1. The van der Waals surface area contributed by atoms with Crippen LogP contribution in [0.25, 0.3) is 0 Å². The number of nitrogens with one attached hydrogen (secondary N) is 1. The Balaban J connectivity index is 2.11. The van der Waals surface area contributed by atoms with Crippen LogP contribution in [0.4, 0.5) is 13.2 Å². The van der Waals surface area contributed by atoms with E-state index >= 15 is 0 Å². The molecule has 18 heavy (non-hydrogen) atoms. The Labute approximate surface area is 103 Å². The van der Waals surface area contributed by atoms with Crippen LogP contribution in [0.1, 0.15) is 24.8 Å². The van der Waals surface area contributed by atoms with Crippen LogP contribution in [-0.2, 0) is 10.2 Å². The van der Waals surface area contributed by atoms with E-state index in [1.807, 2.05) is 11.4 Å². The van der Waals surface area contributed by atoms with Crippen LogP contribution in [-0.4, -0.2) is 18.6 Å². The van der Waals surface area contributed by atoms with Crippen LogP contribution in [0.2, 0.25) is 0 Å². The van der Waals surface area contributed by atoms with Gasteiger partial charge in [-0.25, -0.2) is 0 Å². The van der Waals surface area contributed by atoms with Crippen LogP contribution in [0, 0.1) is 0 Å². The number of amides is 1. The minimum atomic E-state index is -4.36. The van der Waals surface area contributed by atoms with Crippen LogP contribution in [0.15, 0.2) is 30.3 Å². The number of rotatable bonds is 3. The van der Waals surface area contributed by atoms with E-state index in [1.54, 1.807) is 24.3 Å². The summed E-state index contributed by atoms with van der Waals surface area (Å²) in [6, 6.07) is 9.01. The van der Waals surface area contributed by atoms with E-state index in [-0.39, 0.29) is 0 Å². The normalized spacial score (nSPS) is 17.9. The van der Waals surface area contributed by atoms with Crippen LogP contribution in [0.3, 0.4) is 0 Å². The van der Waals surface area contributed by atoms with E-state index in [0.29, 0.717) is 12.8 Å². The molecule has 1 aliphatic rings. The summed E-state index contributed by atoms with van der Waals surface area (Å²) in [6.45, 7) is -1.26. The summed E-state index contributed by atoms with van der Waals surface area (Å²) in [5, 5.41) is 2.00. The van der Waals surface area contributed by atoms with E-state index in [9.17, 15) is 18.0 Å². The highest BCUT2D eigenvalue weighted by Gasteiger charge is 2.46. The Morgan fingerprint density at radius 3 is 2.28 bits per heavy atom. The monoisotopic (exact) mass is 257 g/mol. The third-order valence-corrected chi connectivity index (χ3v) is 3.42. The largest absolute Gasteiger partial charge is 0.405 e. The highest BCUT2D eigenvalue weighted by atomic mass is 19.4. The van der Waals surface area contributed by atoms with Crippen molar-refractivity contribution in [3.8, 4) is 0 Å². The summed E-state index contributed by atoms with van der Waals surface area (Å²) >= 11 is 0. The molecule has 1 N–H and O–H groups in total. The first-order chi connectivity index (χ1) is 8.44. The van der Waals surface area contributed by atoms with Gasteiger partial charge in [-0.05, 0) is 18.4 Å².